The van der Waals surface area contributed by atoms with Crippen LogP contribution in [0.15, 0.2) is 0 Å². The Hall–Kier alpha value is -0.0800. The molecule has 1 saturated heterocycles. The summed E-state index contributed by atoms with van der Waals surface area (Å²) in [4.78, 5) is 0. The highest BCUT2D eigenvalue weighted by molar-refractivity contribution is 4.65. The van der Waals surface area contributed by atoms with Crippen LogP contribution in [0.4, 0.5) is 0 Å². The maximum atomic E-state index is 5.33. The van der Waals surface area contributed by atoms with Gasteiger partial charge in [0.05, 0.1) is 0 Å². The van der Waals surface area contributed by atoms with Gasteiger partial charge in [-0.1, -0.05) is 20.3 Å². The molecule has 0 amide bonds. The molecule has 1 heterocycles. The lowest BCUT2D eigenvalue weighted by atomic mass is 10.0. The fraction of sp³-hybridized carbons (Fsp3) is 1.00. The third kappa shape index (κ3) is 4.63. The predicted molar refractivity (Wildman–Crippen MR) is 55.9 cm³/mol. The monoisotopic (exact) mass is 185 g/mol. The molecule has 0 aromatic rings. The van der Waals surface area contributed by atoms with Crippen LogP contribution in [0.25, 0.3) is 0 Å². The summed E-state index contributed by atoms with van der Waals surface area (Å²) in [6.45, 7) is 8.85. The molecular weight excluding hydrogens is 162 g/mol. The molecule has 1 N–H and O–H groups in total. The molecule has 2 heteroatoms. The molecule has 0 aromatic carbocycles. The van der Waals surface area contributed by atoms with Crippen molar-refractivity contribution in [2.75, 3.05) is 26.3 Å². The first kappa shape index (κ1) is 11.0. The molecule has 2 atom stereocenters. The SMILES string of the molecule is CCC(C)CNCCC1CCOC1. The van der Waals surface area contributed by atoms with E-state index >= 15 is 0 Å². The summed E-state index contributed by atoms with van der Waals surface area (Å²) in [7, 11) is 0. The molecule has 0 aromatic heterocycles. The fourth-order valence-corrected chi connectivity index (χ4v) is 1.61. The summed E-state index contributed by atoms with van der Waals surface area (Å²) in [6, 6.07) is 0. The zero-order valence-electron chi connectivity index (χ0n) is 9.01. The Morgan fingerprint density at radius 2 is 2.38 bits per heavy atom. The molecule has 2 nitrogen and oxygen atoms in total. The van der Waals surface area contributed by atoms with Crippen LogP contribution in [0.1, 0.15) is 33.1 Å². The van der Waals surface area contributed by atoms with Crippen LogP contribution in [0.5, 0.6) is 0 Å². The molecule has 1 fully saturated rings. The van der Waals surface area contributed by atoms with Gasteiger partial charge in [0.15, 0.2) is 0 Å². The molecule has 0 spiro atoms. The second-order valence-corrected chi connectivity index (χ2v) is 4.24. The second kappa shape index (κ2) is 6.39. The Bertz CT molecular complexity index is 121. The lowest BCUT2D eigenvalue weighted by Gasteiger charge is -2.11. The highest BCUT2D eigenvalue weighted by atomic mass is 16.5. The number of ether oxygens (including phenoxy) is 1. The molecule has 13 heavy (non-hydrogen) atoms. The molecule has 0 bridgehead atoms. The summed E-state index contributed by atoms with van der Waals surface area (Å²) >= 11 is 0. The Morgan fingerprint density at radius 3 is 3.00 bits per heavy atom. The highest BCUT2D eigenvalue weighted by Crippen LogP contribution is 2.15. The Labute approximate surface area is 82.0 Å². The van der Waals surface area contributed by atoms with Crippen LogP contribution in [0.2, 0.25) is 0 Å². The quantitative estimate of drug-likeness (QED) is 0.639. The van der Waals surface area contributed by atoms with Crippen LogP contribution in [-0.4, -0.2) is 26.3 Å². The van der Waals surface area contributed by atoms with Crippen LogP contribution in [0, 0.1) is 11.8 Å². The van der Waals surface area contributed by atoms with Gasteiger partial charge in [0.2, 0.25) is 0 Å². The number of hydrogen-bond acceptors (Lipinski definition) is 2. The van der Waals surface area contributed by atoms with E-state index in [9.17, 15) is 0 Å². The van der Waals surface area contributed by atoms with E-state index in [0.29, 0.717) is 0 Å². The van der Waals surface area contributed by atoms with Crippen molar-refractivity contribution in [1.29, 1.82) is 0 Å². The molecule has 1 aliphatic heterocycles. The van der Waals surface area contributed by atoms with E-state index in [0.717, 1.165) is 25.0 Å². The van der Waals surface area contributed by atoms with Crippen molar-refractivity contribution in [3.63, 3.8) is 0 Å². The summed E-state index contributed by atoms with van der Waals surface area (Å²) in [5.41, 5.74) is 0. The van der Waals surface area contributed by atoms with Gasteiger partial charge in [0, 0.05) is 13.2 Å². The van der Waals surface area contributed by atoms with Crippen molar-refractivity contribution in [3.8, 4) is 0 Å². The third-order valence-corrected chi connectivity index (χ3v) is 2.94. The van der Waals surface area contributed by atoms with E-state index in [2.05, 4.69) is 19.2 Å². The molecule has 78 valence electrons. The van der Waals surface area contributed by atoms with Crippen molar-refractivity contribution >= 4 is 0 Å². The van der Waals surface area contributed by atoms with Crippen molar-refractivity contribution < 1.29 is 4.74 Å². The lowest BCUT2D eigenvalue weighted by molar-refractivity contribution is 0.184. The van der Waals surface area contributed by atoms with Gasteiger partial charge in [-0.15, -0.1) is 0 Å². The predicted octanol–water partition coefficient (Wildman–Crippen LogP) is 2.05. The Balaban J connectivity index is 1.88. The van der Waals surface area contributed by atoms with Crippen LogP contribution < -0.4 is 5.32 Å². The Kier molecular flexibility index (Phi) is 5.40. The normalized spacial score (nSPS) is 24.9. The number of rotatable bonds is 6. The zero-order valence-corrected chi connectivity index (χ0v) is 9.01. The first-order valence-corrected chi connectivity index (χ1v) is 5.61. The van der Waals surface area contributed by atoms with Crippen molar-refractivity contribution in [3.05, 3.63) is 0 Å². The summed E-state index contributed by atoms with van der Waals surface area (Å²) < 4.78 is 5.33. The summed E-state index contributed by atoms with van der Waals surface area (Å²) in [5.74, 6) is 1.64. The number of nitrogens with one attached hydrogen (secondary N) is 1. The van der Waals surface area contributed by atoms with Gasteiger partial charge in [-0.2, -0.15) is 0 Å². The standard InChI is InChI=1S/C11H23NO/c1-3-10(2)8-12-6-4-11-5-7-13-9-11/h10-12H,3-9H2,1-2H3. The average molecular weight is 185 g/mol. The molecule has 1 aliphatic rings. The van der Waals surface area contributed by atoms with E-state index in [4.69, 9.17) is 4.74 Å². The number of hydrogen-bond donors (Lipinski definition) is 1. The van der Waals surface area contributed by atoms with Crippen LogP contribution in [-0.2, 0) is 4.74 Å². The van der Waals surface area contributed by atoms with Gasteiger partial charge in [0.1, 0.15) is 0 Å². The third-order valence-electron chi connectivity index (χ3n) is 2.94. The largest absolute Gasteiger partial charge is 0.381 e. The van der Waals surface area contributed by atoms with Gasteiger partial charge in [-0.05, 0) is 37.8 Å². The van der Waals surface area contributed by atoms with Crippen molar-refractivity contribution in [1.82, 2.24) is 5.32 Å². The smallest absolute Gasteiger partial charge is 0.0495 e. The van der Waals surface area contributed by atoms with Gasteiger partial charge >= 0.3 is 0 Å². The minimum Gasteiger partial charge on any atom is -0.381 e. The fourth-order valence-electron chi connectivity index (χ4n) is 1.61. The van der Waals surface area contributed by atoms with Gasteiger partial charge < -0.3 is 10.1 Å². The van der Waals surface area contributed by atoms with E-state index in [1.165, 1.54) is 32.4 Å². The summed E-state index contributed by atoms with van der Waals surface area (Å²) in [5, 5.41) is 3.51. The first-order chi connectivity index (χ1) is 6.33. The van der Waals surface area contributed by atoms with E-state index < -0.39 is 0 Å². The van der Waals surface area contributed by atoms with E-state index in [1.807, 2.05) is 0 Å². The lowest BCUT2D eigenvalue weighted by Crippen LogP contribution is -2.23. The average Bonchev–Trinajstić information content (AvgIpc) is 2.64. The van der Waals surface area contributed by atoms with Crippen LogP contribution >= 0.6 is 0 Å². The Morgan fingerprint density at radius 1 is 1.54 bits per heavy atom. The second-order valence-electron chi connectivity index (χ2n) is 4.24. The maximum Gasteiger partial charge on any atom is 0.0495 e. The van der Waals surface area contributed by atoms with E-state index in [1.54, 1.807) is 0 Å². The molecule has 0 radical (unpaired) electrons. The summed E-state index contributed by atoms with van der Waals surface area (Å²) in [6.07, 6.45) is 3.83. The zero-order chi connectivity index (χ0) is 9.52. The highest BCUT2D eigenvalue weighted by Gasteiger charge is 2.14. The molecule has 1 rings (SSSR count). The molecule has 0 aliphatic carbocycles. The first-order valence-electron chi connectivity index (χ1n) is 5.61. The van der Waals surface area contributed by atoms with Crippen molar-refractivity contribution in [2.24, 2.45) is 11.8 Å². The van der Waals surface area contributed by atoms with Crippen molar-refractivity contribution in [2.45, 2.75) is 33.1 Å². The minimum atomic E-state index is 0.819. The van der Waals surface area contributed by atoms with E-state index in [-0.39, 0.29) is 0 Å². The van der Waals surface area contributed by atoms with Gasteiger partial charge in [-0.3, -0.25) is 0 Å². The molecular formula is C11H23NO. The topological polar surface area (TPSA) is 21.3 Å². The maximum absolute atomic E-state index is 5.33. The molecule has 0 saturated carbocycles. The molecule has 2 unspecified atom stereocenters. The van der Waals surface area contributed by atoms with Gasteiger partial charge in [0.25, 0.3) is 0 Å². The minimum absolute atomic E-state index is 0.819. The van der Waals surface area contributed by atoms with Crippen LogP contribution in [0.3, 0.4) is 0 Å². The van der Waals surface area contributed by atoms with Gasteiger partial charge in [-0.25, -0.2) is 0 Å².